The van der Waals surface area contributed by atoms with Crippen molar-refractivity contribution in [3.05, 3.63) is 87.9 Å². The number of ether oxygens (including phenoxy) is 1. The van der Waals surface area contributed by atoms with E-state index < -0.39 is 45.9 Å². The molecular formula is C24H19Cl2F3N2O5S. The van der Waals surface area contributed by atoms with Crippen LogP contribution in [0.1, 0.15) is 22.8 Å². The number of rotatable bonds is 8. The van der Waals surface area contributed by atoms with Gasteiger partial charge in [0, 0.05) is 5.69 Å². The van der Waals surface area contributed by atoms with E-state index in [-0.39, 0.29) is 32.8 Å². The first-order chi connectivity index (χ1) is 17.3. The van der Waals surface area contributed by atoms with Gasteiger partial charge in [-0.3, -0.25) is 9.10 Å². The van der Waals surface area contributed by atoms with Gasteiger partial charge in [0.2, 0.25) is 5.91 Å². The zero-order valence-corrected chi connectivity index (χ0v) is 21.4. The lowest BCUT2D eigenvalue weighted by atomic mass is 10.2. The number of carbonyl (C=O) groups is 2. The van der Waals surface area contributed by atoms with Crippen LogP contribution in [0.4, 0.5) is 24.5 Å². The van der Waals surface area contributed by atoms with E-state index in [1.54, 1.807) is 13.0 Å². The van der Waals surface area contributed by atoms with Gasteiger partial charge in [0.1, 0.15) is 6.54 Å². The van der Waals surface area contributed by atoms with Gasteiger partial charge in [-0.1, -0.05) is 41.4 Å². The number of anilines is 2. The fourth-order valence-corrected chi connectivity index (χ4v) is 5.12. The summed E-state index contributed by atoms with van der Waals surface area (Å²) in [6.45, 7) is 0.740. The first-order valence-electron chi connectivity index (χ1n) is 10.6. The van der Waals surface area contributed by atoms with Gasteiger partial charge in [0.15, 0.2) is 0 Å². The van der Waals surface area contributed by atoms with E-state index in [2.05, 4.69) is 5.32 Å². The van der Waals surface area contributed by atoms with E-state index >= 15 is 0 Å². The minimum Gasteiger partial charge on any atom is -0.462 e. The third-order valence-corrected chi connectivity index (χ3v) is 7.33. The second-order valence-corrected chi connectivity index (χ2v) is 10.1. The van der Waals surface area contributed by atoms with Crippen molar-refractivity contribution < 1.29 is 35.9 Å². The molecule has 0 unspecified atom stereocenters. The van der Waals surface area contributed by atoms with Gasteiger partial charge in [-0.15, -0.1) is 0 Å². The summed E-state index contributed by atoms with van der Waals surface area (Å²) in [7, 11) is -4.54. The Hall–Kier alpha value is -3.28. The molecule has 196 valence electrons. The average Bonchev–Trinajstić information content (AvgIpc) is 2.84. The van der Waals surface area contributed by atoms with Gasteiger partial charge in [-0.2, -0.15) is 13.2 Å². The molecule has 3 aromatic carbocycles. The number of esters is 1. The van der Waals surface area contributed by atoms with Crippen LogP contribution in [0.15, 0.2) is 71.6 Å². The molecule has 0 spiro atoms. The third-order valence-electron chi connectivity index (χ3n) is 4.91. The molecule has 0 aliphatic heterocycles. The standard InChI is InChI=1S/C24H19Cl2F3N2O5S/c1-2-36-23(33)18-13-16(9-11-19(18)25)30-22(32)14-31(37(34,35)17-6-4-3-5-7-17)21-12-15(24(27,28)29)8-10-20(21)26/h3-13H,2,14H2,1H3,(H,30,32). The summed E-state index contributed by atoms with van der Waals surface area (Å²) >= 11 is 12.1. The maximum absolute atomic E-state index is 13.4. The van der Waals surface area contributed by atoms with E-state index in [0.29, 0.717) is 16.4 Å². The van der Waals surface area contributed by atoms with Crippen molar-refractivity contribution >= 4 is 56.5 Å². The first-order valence-corrected chi connectivity index (χ1v) is 12.7. The van der Waals surface area contributed by atoms with E-state index in [4.69, 9.17) is 27.9 Å². The highest BCUT2D eigenvalue weighted by Gasteiger charge is 2.34. The molecular weight excluding hydrogens is 556 g/mol. The Balaban J connectivity index is 2.01. The molecule has 37 heavy (non-hydrogen) atoms. The Kier molecular flexibility index (Phi) is 8.72. The highest BCUT2D eigenvalue weighted by molar-refractivity contribution is 7.92. The monoisotopic (exact) mass is 574 g/mol. The molecule has 0 fully saturated rings. The number of alkyl halides is 3. The first kappa shape index (κ1) is 28.3. The highest BCUT2D eigenvalue weighted by atomic mass is 35.5. The molecule has 0 aliphatic carbocycles. The van der Waals surface area contributed by atoms with Crippen LogP contribution in [-0.4, -0.2) is 33.4 Å². The molecule has 0 aliphatic rings. The molecule has 0 saturated heterocycles. The Bertz CT molecular complexity index is 1420. The smallest absolute Gasteiger partial charge is 0.416 e. The quantitative estimate of drug-likeness (QED) is 0.332. The molecule has 1 amide bonds. The van der Waals surface area contributed by atoms with Crippen LogP contribution in [0.25, 0.3) is 0 Å². The number of halogens is 5. The summed E-state index contributed by atoms with van der Waals surface area (Å²) in [5.74, 6) is -1.67. The lowest BCUT2D eigenvalue weighted by molar-refractivity contribution is -0.137. The normalized spacial score (nSPS) is 11.6. The number of benzene rings is 3. The van der Waals surface area contributed by atoms with Crippen LogP contribution >= 0.6 is 23.2 Å². The molecule has 0 atom stereocenters. The van der Waals surface area contributed by atoms with Gasteiger partial charge in [0.25, 0.3) is 10.0 Å². The zero-order valence-electron chi connectivity index (χ0n) is 19.1. The van der Waals surface area contributed by atoms with Crippen molar-refractivity contribution in [2.24, 2.45) is 0 Å². The zero-order chi connectivity index (χ0) is 27.4. The summed E-state index contributed by atoms with van der Waals surface area (Å²) < 4.78 is 72.4. The molecule has 0 heterocycles. The lowest BCUT2D eigenvalue weighted by Crippen LogP contribution is -2.38. The van der Waals surface area contributed by atoms with E-state index in [0.717, 1.165) is 6.07 Å². The van der Waals surface area contributed by atoms with Crippen LogP contribution in [0.3, 0.4) is 0 Å². The fraction of sp³-hybridized carbons (Fsp3) is 0.167. The fourth-order valence-electron chi connectivity index (χ4n) is 3.20. The minimum absolute atomic E-state index is 0.0454. The number of nitrogens with one attached hydrogen (secondary N) is 1. The lowest BCUT2D eigenvalue weighted by Gasteiger charge is -2.26. The number of sulfonamides is 1. The predicted octanol–water partition coefficient (Wildman–Crippen LogP) is 6.02. The number of carbonyl (C=O) groups excluding carboxylic acids is 2. The van der Waals surface area contributed by atoms with Crippen molar-refractivity contribution in [2.45, 2.75) is 18.0 Å². The SMILES string of the molecule is CCOC(=O)c1cc(NC(=O)CN(c2cc(C(F)(F)F)ccc2Cl)S(=O)(=O)c2ccccc2)ccc1Cl. The molecule has 0 saturated carbocycles. The topological polar surface area (TPSA) is 92.8 Å². The number of hydrogen-bond donors (Lipinski definition) is 1. The summed E-state index contributed by atoms with van der Waals surface area (Å²) in [5, 5.41) is 2.15. The predicted molar refractivity (Wildman–Crippen MR) is 133 cm³/mol. The summed E-state index contributed by atoms with van der Waals surface area (Å²) in [4.78, 5) is 24.7. The maximum atomic E-state index is 13.4. The molecule has 0 bridgehead atoms. The van der Waals surface area contributed by atoms with E-state index in [1.807, 2.05) is 0 Å². The van der Waals surface area contributed by atoms with Crippen LogP contribution in [0, 0.1) is 0 Å². The van der Waals surface area contributed by atoms with Crippen LogP contribution in [-0.2, 0) is 25.7 Å². The molecule has 0 aromatic heterocycles. The molecule has 0 radical (unpaired) electrons. The van der Waals surface area contributed by atoms with Crippen molar-refractivity contribution in [2.75, 3.05) is 22.8 Å². The summed E-state index contributed by atoms with van der Waals surface area (Å²) in [6, 6.07) is 12.9. The Morgan fingerprint density at radius 2 is 1.62 bits per heavy atom. The second-order valence-electron chi connectivity index (χ2n) is 7.45. The van der Waals surface area contributed by atoms with Crippen molar-refractivity contribution in [3.8, 4) is 0 Å². The largest absolute Gasteiger partial charge is 0.462 e. The number of hydrogen-bond acceptors (Lipinski definition) is 5. The van der Waals surface area contributed by atoms with Crippen molar-refractivity contribution in [3.63, 3.8) is 0 Å². The highest BCUT2D eigenvalue weighted by Crippen LogP contribution is 2.37. The Morgan fingerprint density at radius 3 is 2.24 bits per heavy atom. The van der Waals surface area contributed by atoms with Gasteiger partial charge >= 0.3 is 12.1 Å². The minimum atomic E-state index is -4.80. The van der Waals surface area contributed by atoms with Gasteiger partial charge < -0.3 is 10.1 Å². The number of amides is 1. The molecule has 13 heteroatoms. The molecule has 7 nitrogen and oxygen atoms in total. The van der Waals surface area contributed by atoms with Gasteiger partial charge in [-0.05, 0) is 55.5 Å². The Labute approximate surface area is 220 Å². The second kappa shape index (κ2) is 11.4. The Morgan fingerprint density at radius 1 is 0.973 bits per heavy atom. The molecule has 1 N–H and O–H groups in total. The maximum Gasteiger partial charge on any atom is 0.416 e. The summed E-state index contributed by atoms with van der Waals surface area (Å²) in [6.07, 6.45) is -4.80. The van der Waals surface area contributed by atoms with E-state index in [9.17, 15) is 31.2 Å². The van der Waals surface area contributed by atoms with E-state index in [1.165, 1.54) is 42.5 Å². The van der Waals surface area contributed by atoms with Crippen molar-refractivity contribution in [1.29, 1.82) is 0 Å². The van der Waals surface area contributed by atoms with Gasteiger partial charge in [-0.25, -0.2) is 13.2 Å². The van der Waals surface area contributed by atoms with Gasteiger partial charge in [0.05, 0.1) is 38.4 Å². The number of nitrogens with zero attached hydrogens (tertiary/aromatic N) is 1. The summed E-state index contributed by atoms with van der Waals surface area (Å²) in [5.41, 5.74) is -1.67. The van der Waals surface area contributed by atoms with Crippen molar-refractivity contribution in [1.82, 2.24) is 0 Å². The van der Waals surface area contributed by atoms with Crippen LogP contribution in [0.2, 0.25) is 10.0 Å². The average molecular weight is 575 g/mol. The van der Waals surface area contributed by atoms with Crippen LogP contribution in [0.5, 0.6) is 0 Å². The molecule has 3 aromatic rings. The van der Waals surface area contributed by atoms with Crippen LogP contribution < -0.4 is 9.62 Å². The molecule has 3 rings (SSSR count). The third kappa shape index (κ3) is 6.73.